The van der Waals surface area contributed by atoms with Crippen LogP contribution in [-0.2, 0) is 6.42 Å². The van der Waals surface area contributed by atoms with E-state index in [1.54, 1.807) is 30.3 Å². The van der Waals surface area contributed by atoms with E-state index in [4.69, 9.17) is 14.6 Å². The maximum Gasteiger partial charge on any atom is 0.170 e. The zero-order chi connectivity index (χ0) is 17.4. The zero-order valence-corrected chi connectivity index (χ0v) is 13.8. The molecule has 0 aliphatic heterocycles. The summed E-state index contributed by atoms with van der Waals surface area (Å²) in [6.45, 7) is 5.79. The largest absolute Gasteiger partial charge is 0.491 e. The number of aliphatic hydroxyl groups is 1. The molecule has 0 amide bonds. The molecule has 0 fully saturated rings. The molecular formula is C20H22O4. The van der Waals surface area contributed by atoms with Crippen molar-refractivity contribution in [3.63, 3.8) is 0 Å². The minimum absolute atomic E-state index is 0.00844. The Kier molecular flexibility index (Phi) is 6.58. The van der Waals surface area contributed by atoms with Crippen molar-refractivity contribution in [2.24, 2.45) is 0 Å². The lowest BCUT2D eigenvalue weighted by Crippen LogP contribution is -2.12. The molecular weight excluding hydrogens is 304 g/mol. The van der Waals surface area contributed by atoms with Crippen molar-refractivity contribution in [2.45, 2.75) is 19.4 Å². The van der Waals surface area contributed by atoms with Gasteiger partial charge in [0.25, 0.3) is 0 Å². The lowest BCUT2D eigenvalue weighted by Gasteiger charge is -2.14. The maximum absolute atomic E-state index is 12.6. The number of Topliss-reactive ketones (excluding diaryl/α,β-unsaturated/α-hetero) is 1. The second-order valence-corrected chi connectivity index (χ2v) is 5.37. The fourth-order valence-corrected chi connectivity index (χ4v) is 2.20. The molecule has 2 rings (SSSR count). The van der Waals surface area contributed by atoms with Gasteiger partial charge in [0, 0.05) is 6.42 Å². The van der Waals surface area contributed by atoms with Crippen LogP contribution in [0.25, 0.3) is 0 Å². The summed E-state index contributed by atoms with van der Waals surface area (Å²) in [5.41, 5.74) is 1.45. The molecule has 4 heteroatoms. The Balaban J connectivity index is 2.08. The van der Waals surface area contributed by atoms with Gasteiger partial charge in [-0.05, 0) is 36.8 Å². The first-order valence-electron chi connectivity index (χ1n) is 7.88. The average molecular weight is 326 g/mol. The Labute approximate surface area is 142 Å². The average Bonchev–Trinajstić information content (AvgIpc) is 2.61. The van der Waals surface area contributed by atoms with Gasteiger partial charge in [-0.1, -0.05) is 36.9 Å². The summed E-state index contributed by atoms with van der Waals surface area (Å²) in [5.74, 6) is 1.23. The van der Waals surface area contributed by atoms with Crippen molar-refractivity contribution < 1.29 is 19.4 Å². The number of ketones is 1. The van der Waals surface area contributed by atoms with E-state index in [-0.39, 0.29) is 31.5 Å². The van der Waals surface area contributed by atoms with E-state index in [1.807, 2.05) is 31.2 Å². The molecule has 0 aromatic heterocycles. The van der Waals surface area contributed by atoms with E-state index in [2.05, 4.69) is 6.58 Å². The molecule has 0 radical (unpaired) electrons. The van der Waals surface area contributed by atoms with Gasteiger partial charge in [-0.2, -0.15) is 0 Å². The highest BCUT2D eigenvalue weighted by molar-refractivity contribution is 6.00. The van der Waals surface area contributed by atoms with Crippen molar-refractivity contribution >= 4 is 5.78 Å². The quantitative estimate of drug-likeness (QED) is 0.566. The van der Waals surface area contributed by atoms with E-state index >= 15 is 0 Å². The Hall–Kier alpha value is -2.59. The minimum Gasteiger partial charge on any atom is -0.491 e. The number of carbonyl (C=O) groups excluding carboxylic acids is 1. The summed E-state index contributed by atoms with van der Waals surface area (Å²) in [6, 6.07) is 14.5. The molecule has 1 N–H and O–H groups in total. The van der Waals surface area contributed by atoms with Crippen LogP contribution in [0.3, 0.4) is 0 Å². The first kappa shape index (κ1) is 17.8. The normalized spacial score (nSPS) is 11.6. The third-order valence-corrected chi connectivity index (χ3v) is 3.48. The highest BCUT2D eigenvalue weighted by Gasteiger charge is 2.14. The smallest absolute Gasteiger partial charge is 0.170 e. The predicted molar refractivity (Wildman–Crippen MR) is 93.8 cm³/mol. The Morgan fingerprint density at radius 2 is 1.92 bits per heavy atom. The topological polar surface area (TPSA) is 55.8 Å². The third-order valence-electron chi connectivity index (χ3n) is 3.48. The third kappa shape index (κ3) is 4.96. The molecule has 0 heterocycles. The van der Waals surface area contributed by atoms with Crippen LogP contribution >= 0.6 is 0 Å². The molecule has 1 unspecified atom stereocenters. The first-order chi connectivity index (χ1) is 11.6. The van der Waals surface area contributed by atoms with Gasteiger partial charge >= 0.3 is 0 Å². The van der Waals surface area contributed by atoms with Gasteiger partial charge in [0.05, 0.1) is 12.2 Å². The number of hydrogen-bond acceptors (Lipinski definition) is 4. The van der Waals surface area contributed by atoms with Crippen molar-refractivity contribution in [3.05, 3.63) is 72.3 Å². The number of benzene rings is 2. The van der Waals surface area contributed by atoms with E-state index in [9.17, 15) is 4.79 Å². The molecule has 1 atom stereocenters. The summed E-state index contributed by atoms with van der Waals surface area (Å²) in [6.07, 6.45) is 1.80. The van der Waals surface area contributed by atoms with E-state index in [0.29, 0.717) is 17.1 Å². The summed E-state index contributed by atoms with van der Waals surface area (Å²) in [4.78, 5) is 12.6. The highest BCUT2D eigenvalue weighted by atomic mass is 16.5. The Morgan fingerprint density at radius 1 is 1.21 bits per heavy atom. The van der Waals surface area contributed by atoms with Crippen molar-refractivity contribution in [3.8, 4) is 11.5 Å². The summed E-state index contributed by atoms with van der Waals surface area (Å²) in [5, 5.41) is 8.75. The van der Waals surface area contributed by atoms with Gasteiger partial charge < -0.3 is 14.6 Å². The molecule has 2 aromatic rings. The summed E-state index contributed by atoms with van der Waals surface area (Å²) in [7, 11) is 0. The van der Waals surface area contributed by atoms with E-state index < -0.39 is 0 Å². The van der Waals surface area contributed by atoms with Crippen LogP contribution in [0.5, 0.6) is 11.5 Å². The molecule has 0 saturated carbocycles. The molecule has 0 aliphatic carbocycles. The van der Waals surface area contributed by atoms with Gasteiger partial charge in [0.1, 0.15) is 24.2 Å². The van der Waals surface area contributed by atoms with Gasteiger partial charge in [-0.3, -0.25) is 4.79 Å². The highest BCUT2D eigenvalue weighted by Crippen LogP contribution is 2.22. The number of rotatable bonds is 9. The van der Waals surface area contributed by atoms with Crippen molar-refractivity contribution in [1.82, 2.24) is 0 Å². The van der Waals surface area contributed by atoms with Crippen LogP contribution in [0.4, 0.5) is 0 Å². The van der Waals surface area contributed by atoms with E-state index in [0.717, 1.165) is 5.56 Å². The van der Waals surface area contributed by atoms with Gasteiger partial charge in [0.2, 0.25) is 0 Å². The first-order valence-corrected chi connectivity index (χ1v) is 7.88. The Morgan fingerprint density at radius 3 is 2.58 bits per heavy atom. The molecule has 0 aliphatic rings. The van der Waals surface area contributed by atoms with Gasteiger partial charge in [0.15, 0.2) is 5.78 Å². The van der Waals surface area contributed by atoms with Crippen LogP contribution < -0.4 is 9.47 Å². The number of aliphatic hydroxyl groups excluding tert-OH is 1. The van der Waals surface area contributed by atoms with Crippen LogP contribution in [0.15, 0.2) is 61.2 Å². The fraction of sp³-hybridized carbons (Fsp3) is 0.250. The van der Waals surface area contributed by atoms with Gasteiger partial charge in [-0.25, -0.2) is 0 Å². The summed E-state index contributed by atoms with van der Waals surface area (Å²) < 4.78 is 11.0. The predicted octanol–water partition coefficient (Wildman–Crippen LogP) is 3.44. The molecule has 0 spiro atoms. The summed E-state index contributed by atoms with van der Waals surface area (Å²) >= 11 is 0. The van der Waals surface area contributed by atoms with Crippen LogP contribution in [0, 0.1) is 0 Å². The fourth-order valence-electron chi connectivity index (χ4n) is 2.20. The lowest BCUT2D eigenvalue weighted by molar-refractivity contribution is 0.0988. The van der Waals surface area contributed by atoms with Crippen molar-refractivity contribution in [2.75, 3.05) is 13.2 Å². The number of hydrogen-bond donors (Lipinski definition) is 1. The van der Waals surface area contributed by atoms with E-state index in [1.165, 1.54) is 0 Å². The molecule has 24 heavy (non-hydrogen) atoms. The standard InChI is InChI=1S/C20H22O4/c1-3-15(2)24-20-7-5-4-6-18(20)19(22)14-16-8-10-17(11-9-16)23-13-12-21/h3-11,15,21H,1,12-14H2,2H3. The lowest BCUT2D eigenvalue weighted by atomic mass is 10.0. The number of carbonyl (C=O) groups is 1. The van der Waals surface area contributed by atoms with Crippen molar-refractivity contribution in [1.29, 1.82) is 0 Å². The SMILES string of the molecule is C=CC(C)Oc1ccccc1C(=O)Cc1ccc(OCCO)cc1. The molecule has 126 valence electrons. The van der Waals surface area contributed by atoms with Crippen LogP contribution in [0.1, 0.15) is 22.8 Å². The van der Waals surface area contributed by atoms with Crippen LogP contribution in [0.2, 0.25) is 0 Å². The number of para-hydroxylation sites is 1. The minimum atomic E-state index is -0.165. The maximum atomic E-state index is 12.6. The molecule has 4 nitrogen and oxygen atoms in total. The van der Waals surface area contributed by atoms with Gasteiger partial charge in [-0.15, -0.1) is 0 Å². The second kappa shape index (κ2) is 8.89. The molecule has 0 saturated heterocycles. The number of ether oxygens (including phenoxy) is 2. The molecule has 0 bridgehead atoms. The molecule has 2 aromatic carbocycles. The Bertz CT molecular complexity index is 676. The zero-order valence-electron chi connectivity index (χ0n) is 13.8. The second-order valence-electron chi connectivity index (χ2n) is 5.37. The van der Waals surface area contributed by atoms with Crippen LogP contribution in [-0.4, -0.2) is 30.2 Å². The monoisotopic (exact) mass is 326 g/mol.